The number of nitrogens with one attached hydrogen (secondary N) is 1. The van der Waals surface area contributed by atoms with Crippen LogP contribution in [0, 0.1) is 0 Å². The standard InChI is InChI=1S/C24H17NO5/c26-19-13-7-1-2-8-14(13)20(27)22-21(19)29-18-12-6-4-10-16(18)24(30-22)15-9-3-5-11-17(15)25-23(24)28/h1-3,5,7-9,11H,4,6,10,12H2,(H,25,28). The molecule has 1 atom stereocenters. The van der Waals surface area contributed by atoms with Crippen LogP contribution in [0.3, 0.4) is 0 Å². The normalized spacial score (nSPS) is 24.3. The van der Waals surface area contributed by atoms with Gasteiger partial charge in [-0.25, -0.2) is 0 Å². The predicted molar refractivity (Wildman–Crippen MR) is 107 cm³/mol. The number of anilines is 1. The van der Waals surface area contributed by atoms with Crippen molar-refractivity contribution in [2.45, 2.75) is 31.3 Å². The highest BCUT2D eigenvalue weighted by Crippen LogP contribution is 2.52. The zero-order valence-electron chi connectivity index (χ0n) is 16.0. The Morgan fingerprint density at radius 1 is 0.800 bits per heavy atom. The molecule has 1 unspecified atom stereocenters. The third-order valence-electron chi connectivity index (χ3n) is 6.23. The highest BCUT2D eigenvalue weighted by atomic mass is 16.6. The number of ketones is 2. The number of para-hydroxylation sites is 1. The van der Waals surface area contributed by atoms with E-state index in [2.05, 4.69) is 5.32 Å². The zero-order valence-corrected chi connectivity index (χ0v) is 16.0. The molecule has 2 aromatic carbocycles. The third kappa shape index (κ3) is 2.05. The number of ether oxygens (including phenoxy) is 2. The Hall–Kier alpha value is -3.67. The molecule has 2 aromatic rings. The number of amides is 1. The van der Waals surface area contributed by atoms with E-state index in [1.54, 1.807) is 30.3 Å². The largest absolute Gasteiger partial charge is 0.460 e. The van der Waals surface area contributed by atoms with Gasteiger partial charge in [0.2, 0.25) is 28.7 Å². The first-order valence-electron chi connectivity index (χ1n) is 10.0. The summed E-state index contributed by atoms with van der Waals surface area (Å²) < 4.78 is 12.4. The number of carbonyl (C=O) groups is 3. The highest BCUT2D eigenvalue weighted by molar-refractivity contribution is 6.25. The van der Waals surface area contributed by atoms with Crippen molar-refractivity contribution in [1.29, 1.82) is 0 Å². The van der Waals surface area contributed by atoms with Crippen LogP contribution in [-0.4, -0.2) is 17.5 Å². The lowest BCUT2D eigenvalue weighted by atomic mass is 9.80. The molecule has 0 radical (unpaired) electrons. The van der Waals surface area contributed by atoms with Crippen molar-refractivity contribution in [3.8, 4) is 0 Å². The summed E-state index contributed by atoms with van der Waals surface area (Å²) in [5, 5.41) is 2.89. The molecule has 6 rings (SSSR count). The van der Waals surface area contributed by atoms with Gasteiger partial charge in [-0.1, -0.05) is 42.5 Å². The molecule has 1 amide bonds. The molecule has 30 heavy (non-hydrogen) atoms. The minimum absolute atomic E-state index is 0.123. The number of hydrogen-bond donors (Lipinski definition) is 1. The Balaban J connectivity index is 1.63. The van der Waals surface area contributed by atoms with Crippen LogP contribution in [0.2, 0.25) is 0 Å². The number of benzene rings is 2. The van der Waals surface area contributed by atoms with Crippen LogP contribution < -0.4 is 5.32 Å². The molecule has 0 aromatic heterocycles. The van der Waals surface area contributed by atoms with Crippen LogP contribution in [0.5, 0.6) is 0 Å². The molecule has 2 aliphatic carbocycles. The summed E-state index contributed by atoms with van der Waals surface area (Å²) in [6, 6.07) is 13.9. The first-order chi connectivity index (χ1) is 14.6. The number of hydrogen-bond acceptors (Lipinski definition) is 5. The first kappa shape index (κ1) is 17.2. The predicted octanol–water partition coefficient (Wildman–Crippen LogP) is 4.00. The molecule has 6 nitrogen and oxygen atoms in total. The maximum atomic E-state index is 13.4. The Bertz CT molecular complexity index is 1240. The van der Waals surface area contributed by atoms with Gasteiger partial charge in [0.15, 0.2) is 0 Å². The third-order valence-corrected chi connectivity index (χ3v) is 6.23. The maximum Gasteiger partial charge on any atom is 0.278 e. The molecule has 148 valence electrons. The lowest BCUT2D eigenvalue weighted by Crippen LogP contribution is -2.41. The van der Waals surface area contributed by atoms with Crippen molar-refractivity contribution in [3.63, 3.8) is 0 Å². The summed E-state index contributed by atoms with van der Waals surface area (Å²) in [4.78, 5) is 39.9. The van der Waals surface area contributed by atoms with Gasteiger partial charge in [-0.15, -0.1) is 0 Å². The van der Waals surface area contributed by atoms with Crippen molar-refractivity contribution in [1.82, 2.24) is 0 Å². The topological polar surface area (TPSA) is 81.7 Å². The van der Waals surface area contributed by atoms with Crippen molar-refractivity contribution in [2.24, 2.45) is 0 Å². The molecule has 2 heterocycles. The van der Waals surface area contributed by atoms with Crippen LogP contribution in [0.15, 0.2) is 71.4 Å². The Labute approximate surface area is 172 Å². The van der Waals surface area contributed by atoms with Crippen molar-refractivity contribution >= 4 is 23.2 Å². The molecule has 4 aliphatic rings. The van der Waals surface area contributed by atoms with E-state index in [1.165, 1.54) is 0 Å². The van der Waals surface area contributed by atoms with E-state index >= 15 is 0 Å². The van der Waals surface area contributed by atoms with Crippen LogP contribution in [0.1, 0.15) is 52.0 Å². The Morgan fingerprint density at radius 2 is 1.47 bits per heavy atom. The maximum absolute atomic E-state index is 13.4. The van der Waals surface area contributed by atoms with E-state index in [-0.39, 0.29) is 28.6 Å². The molecular weight excluding hydrogens is 382 g/mol. The second kappa shape index (κ2) is 5.92. The van der Waals surface area contributed by atoms with Gasteiger partial charge < -0.3 is 14.8 Å². The zero-order chi connectivity index (χ0) is 20.5. The first-order valence-corrected chi connectivity index (χ1v) is 10.0. The number of Topliss-reactive ketones (excluding diaryl/α,β-unsaturated/α-hetero) is 2. The monoisotopic (exact) mass is 399 g/mol. The van der Waals surface area contributed by atoms with E-state index in [0.717, 1.165) is 12.8 Å². The number of allylic oxidation sites excluding steroid dienone is 3. The lowest BCUT2D eigenvalue weighted by molar-refractivity contribution is -0.132. The number of fused-ring (bicyclic) bond motifs is 4. The van der Waals surface area contributed by atoms with Gasteiger partial charge in [0.1, 0.15) is 5.76 Å². The summed E-state index contributed by atoms with van der Waals surface area (Å²) in [6.07, 6.45) is 2.91. The quantitative estimate of drug-likeness (QED) is 0.724. The van der Waals surface area contributed by atoms with Gasteiger partial charge in [0.25, 0.3) is 5.91 Å². The molecule has 0 bridgehead atoms. The van der Waals surface area contributed by atoms with Crippen LogP contribution >= 0.6 is 0 Å². The van der Waals surface area contributed by atoms with E-state index in [0.29, 0.717) is 35.4 Å². The molecule has 0 saturated carbocycles. The second-order valence-electron chi connectivity index (χ2n) is 7.86. The van der Waals surface area contributed by atoms with E-state index in [9.17, 15) is 14.4 Å². The van der Waals surface area contributed by atoms with Crippen molar-refractivity contribution < 1.29 is 23.9 Å². The molecule has 6 heteroatoms. The second-order valence-corrected chi connectivity index (χ2v) is 7.86. The molecule has 1 spiro atoms. The summed E-state index contributed by atoms with van der Waals surface area (Å²) in [5.74, 6) is -0.978. The van der Waals surface area contributed by atoms with Crippen LogP contribution in [0.4, 0.5) is 5.69 Å². The molecule has 0 fully saturated rings. The summed E-state index contributed by atoms with van der Waals surface area (Å²) >= 11 is 0. The minimum atomic E-state index is -1.51. The highest BCUT2D eigenvalue weighted by Gasteiger charge is 2.57. The average molecular weight is 399 g/mol. The molecular formula is C24H17NO5. The number of carbonyl (C=O) groups excluding carboxylic acids is 3. The summed E-state index contributed by atoms with van der Waals surface area (Å²) in [7, 11) is 0. The minimum Gasteiger partial charge on any atom is -0.460 e. The average Bonchev–Trinajstić information content (AvgIpc) is 2.96. The fraction of sp³-hybridized carbons (Fsp3) is 0.208. The summed E-state index contributed by atoms with van der Waals surface area (Å²) in [5.41, 5.74) is 1.00. The van der Waals surface area contributed by atoms with Crippen molar-refractivity contribution in [2.75, 3.05) is 5.32 Å². The van der Waals surface area contributed by atoms with Crippen LogP contribution in [0.25, 0.3) is 0 Å². The Morgan fingerprint density at radius 3 is 2.27 bits per heavy atom. The van der Waals surface area contributed by atoms with E-state index in [1.807, 2.05) is 18.2 Å². The smallest absolute Gasteiger partial charge is 0.278 e. The fourth-order valence-corrected chi connectivity index (χ4v) is 4.85. The number of rotatable bonds is 0. The van der Waals surface area contributed by atoms with Crippen molar-refractivity contribution in [3.05, 3.63) is 88.1 Å². The Kier molecular flexibility index (Phi) is 3.40. The summed E-state index contributed by atoms with van der Waals surface area (Å²) in [6.45, 7) is 0. The van der Waals surface area contributed by atoms with Gasteiger partial charge in [-0.2, -0.15) is 0 Å². The lowest BCUT2D eigenvalue weighted by Gasteiger charge is -2.32. The SMILES string of the molecule is O=C1C2=C(OC3(C(=O)Nc4ccccc43)C3=C(CCCC3)O2)C(=O)c2ccccc21. The van der Waals surface area contributed by atoms with Gasteiger partial charge in [0.05, 0.1) is 0 Å². The van der Waals surface area contributed by atoms with E-state index < -0.39 is 17.2 Å². The molecule has 0 saturated heterocycles. The molecule has 2 aliphatic heterocycles. The van der Waals surface area contributed by atoms with Gasteiger partial charge in [-0.05, 0) is 25.3 Å². The fourth-order valence-electron chi connectivity index (χ4n) is 4.85. The van der Waals surface area contributed by atoms with Gasteiger partial charge in [0, 0.05) is 34.4 Å². The van der Waals surface area contributed by atoms with Gasteiger partial charge in [-0.3, -0.25) is 14.4 Å². The van der Waals surface area contributed by atoms with E-state index in [4.69, 9.17) is 9.47 Å². The molecule has 1 N–H and O–H groups in total. The van der Waals surface area contributed by atoms with Crippen LogP contribution in [-0.2, 0) is 19.9 Å². The van der Waals surface area contributed by atoms with Gasteiger partial charge >= 0.3 is 0 Å².